The summed E-state index contributed by atoms with van der Waals surface area (Å²) < 4.78 is 1.52. The number of hydrogen-bond donors (Lipinski definition) is 0. The first-order valence-electron chi connectivity index (χ1n) is 11.1. The lowest BCUT2D eigenvalue weighted by Gasteiger charge is -2.57. The van der Waals surface area contributed by atoms with Crippen molar-refractivity contribution >= 4 is 5.91 Å². The van der Waals surface area contributed by atoms with Gasteiger partial charge in [-0.15, -0.1) is 0 Å². The molecular formula is C22H35N5O2. The van der Waals surface area contributed by atoms with Crippen molar-refractivity contribution in [2.45, 2.75) is 58.2 Å². The second kappa shape index (κ2) is 8.19. The monoisotopic (exact) mass is 401 g/mol. The highest BCUT2D eigenvalue weighted by Crippen LogP contribution is 2.41. The topological polar surface area (TPSA) is 61.7 Å². The molecule has 3 aliphatic rings. The van der Waals surface area contributed by atoms with Gasteiger partial charge in [-0.2, -0.15) is 4.98 Å². The number of piperidine rings is 3. The molecule has 4 atom stereocenters. The highest BCUT2D eigenvalue weighted by Gasteiger charge is 2.47. The van der Waals surface area contributed by atoms with E-state index in [9.17, 15) is 9.59 Å². The van der Waals surface area contributed by atoms with Gasteiger partial charge in [0.25, 0.3) is 0 Å². The van der Waals surface area contributed by atoms with Crippen LogP contribution in [-0.2, 0) is 11.3 Å². The number of nitrogens with zero attached hydrogens (tertiary/aromatic N) is 5. The molecule has 1 aromatic heterocycles. The normalized spacial score (nSPS) is 29.8. The van der Waals surface area contributed by atoms with Gasteiger partial charge >= 0.3 is 5.69 Å². The molecule has 2 bridgehead atoms. The molecule has 0 N–H and O–H groups in total. The Bertz CT molecular complexity index is 820. The lowest BCUT2D eigenvalue weighted by molar-refractivity contribution is -0.142. The maximum absolute atomic E-state index is 13.2. The lowest BCUT2D eigenvalue weighted by atomic mass is 9.72. The summed E-state index contributed by atoms with van der Waals surface area (Å²) in [5.74, 6) is 1.14. The van der Waals surface area contributed by atoms with Crippen LogP contribution in [0.5, 0.6) is 0 Å². The molecule has 4 rings (SSSR count). The van der Waals surface area contributed by atoms with E-state index in [-0.39, 0.29) is 18.1 Å². The second-order valence-corrected chi connectivity index (χ2v) is 9.59. The number of fused-ring (bicyclic) bond motifs is 4. The van der Waals surface area contributed by atoms with Crippen LogP contribution in [0, 0.1) is 25.7 Å². The van der Waals surface area contributed by atoms with Crippen molar-refractivity contribution < 1.29 is 4.79 Å². The fourth-order valence-corrected chi connectivity index (χ4v) is 5.94. The van der Waals surface area contributed by atoms with E-state index in [2.05, 4.69) is 28.9 Å². The van der Waals surface area contributed by atoms with Gasteiger partial charge in [-0.25, -0.2) is 4.79 Å². The van der Waals surface area contributed by atoms with E-state index < -0.39 is 0 Å². The van der Waals surface area contributed by atoms with E-state index >= 15 is 0 Å². The van der Waals surface area contributed by atoms with Gasteiger partial charge in [0, 0.05) is 43.1 Å². The summed E-state index contributed by atoms with van der Waals surface area (Å²) in [6.07, 6.45) is 5.08. The summed E-state index contributed by atoms with van der Waals surface area (Å²) in [7, 11) is 4.30. The highest BCUT2D eigenvalue weighted by molar-refractivity contribution is 5.76. The van der Waals surface area contributed by atoms with Crippen LogP contribution >= 0.6 is 0 Å². The molecular weight excluding hydrogens is 366 g/mol. The maximum atomic E-state index is 13.2. The van der Waals surface area contributed by atoms with Crippen molar-refractivity contribution in [3.05, 3.63) is 27.9 Å². The van der Waals surface area contributed by atoms with Crippen molar-refractivity contribution in [1.29, 1.82) is 0 Å². The third-order valence-corrected chi connectivity index (χ3v) is 7.17. The number of likely N-dealkylation sites (N-methyl/N-ethyl adjacent to an activating group) is 1. The fourth-order valence-electron chi connectivity index (χ4n) is 5.94. The molecule has 4 heterocycles. The Morgan fingerprint density at radius 3 is 2.69 bits per heavy atom. The largest absolute Gasteiger partial charge is 0.348 e. The van der Waals surface area contributed by atoms with E-state index in [0.29, 0.717) is 29.6 Å². The minimum atomic E-state index is -0.322. The van der Waals surface area contributed by atoms with Crippen molar-refractivity contribution in [1.82, 2.24) is 24.3 Å². The molecule has 3 fully saturated rings. The van der Waals surface area contributed by atoms with Gasteiger partial charge in [-0.05, 0) is 71.7 Å². The molecule has 0 aromatic carbocycles. The van der Waals surface area contributed by atoms with Crippen LogP contribution < -0.4 is 5.69 Å². The van der Waals surface area contributed by atoms with Crippen molar-refractivity contribution in [2.75, 3.05) is 40.3 Å². The standard InChI is InChI=1S/C22H35N5O2/c1-15-9-16(2)27(22(29)23-15)14-21(28)25-11-17-10-18(12-25)20(13-24(3)4)26-8-6-5-7-19(17)26/h9,17-20H,5-8,10-14H2,1-4H3/t17-,18+,19+,20+/m1/s1. The van der Waals surface area contributed by atoms with E-state index in [1.54, 1.807) is 0 Å². The smallest absolute Gasteiger partial charge is 0.340 e. The van der Waals surface area contributed by atoms with Gasteiger partial charge in [-0.1, -0.05) is 6.42 Å². The average Bonchev–Trinajstić information content (AvgIpc) is 2.67. The Balaban J connectivity index is 1.53. The molecule has 0 radical (unpaired) electrons. The van der Waals surface area contributed by atoms with Crippen molar-refractivity contribution in [3.63, 3.8) is 0 Å². The molecule has 0 unspecified atom stereocenters. The number of carbonyl (C=O) groups excluding carboxylic acids is 1. The summed E-state index contributed by atoms with van der Waals surface area (Å²) in [6.45, 7) is 7.69. The average molecular weight is 402 g/mol. The molecule has 3 aliphatic heterocycles. The zero-order valence-corrected chi connectivity index (χ0v) is 18.3. The first kappa shape index (κ1) is 20.5. The summed E-state index contributed by atoms with van der Waals surface area (Å²) in [6, 6.07) is 2.99. The van der Waals surface area contributed by atoms with Gasteiger partial charge in [0.1, 0.15) is 6.54 Å². The van der Waals surface area contributed by atoms with E-state index in [0.717, 1.165) is 25.3 Å². The summed E-state index contributed by atoms with van der Waals surface area (Å²) >= 11 is 0. The Morgan fingerprint density at radius 1 is 1.21 bits per heavy atom. The van der Waals surface area contributed by atoms with Gasteiger partial charge in [0.15, 0.2) is 0 Å². The fraction of sp³-hybridized carbons (Fsp3) is 0.773. The molecule has 0 aliphatic carbocycles. The second-order valence-electron chi connectivity index (χ2n) is 9.59. The van der Waals surface area contributed by atoms with Gasteiger partial charge in [0.05, 0.1) is 0 Å². The van der Waals surface area contributed by atoms with Gasteiger partial charge < -0.3 is 9.80 Å². The van der Waals surface area contributed by atoms with Crippen LogP contribution in [0.3, 0.4) is 0 Å². The number of carbonyl (C=O) groups is 1. The van der Waals surface area contributed by atoms with Crippen molar-refractivity contribution in [2.24, 2.45) is 11.8 Å². The van der Waals surface area contributed by atoms with Crippen LogP contribution in [0.4, 0.5) is 0 Å². The minimum absolute atomic E-state index is 0.0587. The molecule has 1 amide bonds. The predicted octanol–water partition coefficient (Wildman–Crippen LogP) is 1.12. The third-order valence-electron chi connectivity index (χ3n) is 7.17. The first-order valence-corrected chi connectivity index (χ1v) is 11.1. The Kier molecular flexibility index (Phi) is 5.80. The summed E-state index contributed by atoms with van der Waals surface area (Å²) in [5, 5.41) is 0. The van der Waals surface area contributed by atoms with Crippen LogP contribution in [0.25, 0.3) is 0 Å². The maximum Gasteiger partial charge on any atom is 0.348 e. The highest BCUT2D eigenvalue weighted by atomic mass is 16.2. The number of hydrogen-bond acceptors (Lipinski definition) is 5. The van der Waals surface area contributed by atoms with E-state index in [1.807, 2.05) is 24.8 Å². The van der Waals surface area contributed by atoms with Gasteiger partial charge in [-0.3, -0.25) is 14.3 Å². The molecule has 3 saturated heterocycles. The lowest BCUT2D eigenvalue weighted by Crippen LogP contribution is -2.66. The number of amides is 1. The molecule has 29 heavy (non-hydrogen) atoms. The summed E-state index contributed by atoms with van der Waals surface area (Å²) in [5.41, 5.74) is 1.18. The van der Waals surface area contributed by atoms with E-state index in [4.69, 9.17) is 0 Å². The molecule has 0 spiro atoms. The predicted molar refractivity (Wildman–Crippen MR) is 113 cm³/mol. The number of aromatic nitrogens is 2. The molecule has 0 saturated carbocycles. The Labute approximate surface area is 173 Å². The Morgan fingerprint density at radius 2 is 1.97 bits per heavy atom. The zero-order chi connectivity index (χ0) is 20.7. The summed E-state index contributed by atoms with van der Waals surface area (Å²) in [4.78, 5) is 36.6. The van der Waals surface area contributed by atoms with Gasteiger partial charge in [0.2, 0.25) is 5.91 Å². The third kappa shape index (κ3) is 4.12. The van der Waals surface area contributed by atoms with Crippen LogP contribution in [0.2, 0.25) is 0 Å². The Hall–Kier alpha value is -1.73. The number of rotatable bonds is 4. The van der Waals surface area contributed by atoms with Crippen molar-refractivity contribution in [3.8, 4) is 0 Å². The number of likely N-dealkylation sites (tertiary alicyclic amines) is 1. The minimum Gasteiger partial charge on any atom is -0.340 e. The molecule has 160 valence electrons. The SMILES string of the molecule is Cc1cc(C)n(CC(=O)N2C[C@H]3C[C@@H](C2)[C@H](CN(C)C)N2CCCC[C@@H]32)c(=O)n1. The van der Waals surface area contributed by atoms with Crippen LogP contribution in [-0.4, -0.2) is 82.5 Å². The van der Waals surface area contributed by atoms with Crippen LogP contribution in [0.15, 0.2) is 10.9 Å². The molecule has 1 aromatic rings. The zero-order valence-electron chi connectivity index (χ0n) is 18.3. The molecule has 7 nitrogen and oxygen atoms in total. The van der Waals surface area contributed by atoms with E-state index in [1.165, 1.54) is 36.8 Å². The first-order chi connectivity index (χ1) is 13.8. The van der Waals surface area contributed by atoms with Crippen LogP contribution in [0.1, 0.15) is 37.1 Å². The quantitative estimate of drug-likeness (QED) is 0.757. The number of aryl methyl sites for hydroxylation is 2. The molecule has 7 heteroatoms.